The van der Waals surface area contributed by atoms with Crippen LogP contribution < -0.4 is 0 Å². The van der Waals surface area contributed by atoms with Crippen molar-refractivity contribution in [1.29, 1.82) is 0 Å². The number of unbranched alkanes of at least 4 members (excludes halogenated alkanes) is 4. The van der Waals surface area contributed by atoms with E-state index in [1.54, 1.807) is 0 Å². The highest BCUT2D eigenvalue weighted by Gasteiger charge is 2.31. The molecule has 0 amide bonds. The minimum atomic E-state index is -0.703. The first-order valence-corrected chi connectivity index (χ1v) is 10.1. The zero-order chi connectivity index (χ0) is 19.7. The second-order valence-electron chi connectivity index (χ2n) is 8.08. The fraction of sp³-hybridized carbons (Fsp3) is 0.652. The minimum Gasteiger partial charge on any atom is -0.481 e. The molecular weight excluding hydrogens is 324 g/mol. The number of rotatable bonds is 12. The second-order valence-corrected chi connectivity index (χ2v) is 8.08. The highest BCUT2D eigenvalue weighted by Crippen LogP contribution is 2.32. The number of aryl methyl sites for hydroxylation is 3. The second kappa shape index (κ2) is 10.5. The molecule has 1 N–H and O–H groups in total. The normalized spacial score (nSPS) is 13.4. The first-order chi connectivity index (χ1) is 12.2. The van der Waals surface area contributed by atoms with Crippen molar-refractivity contribution in [2.45, 2.75) is 92.4 Å². The molecule has 26 heavy (non-hydrogen) atoms. The van der Waals surface area contributed by atoms with Gasteiger partial charge in [0.25, 0.3) is 0 Å². The lowest BCUT2D eigenvalue weighted by atomic mass is 9.79. The molecule has 0 bridgehead atoms. The maximum atomic E-state index is 12.6. The predicted molar refractivity (Wildman–Crippen MR) is 108 cm³/mol. The molecule has 1 atom stereocenters. The van der Waals surface area contributed by atoms with Crippen LogP contribution in [0.4, 0.5) is 0 Å². The SMILES string of the molecule is CCCCCCC(C)(CCCCC(=O)c1c(C)cc(C)cc1C)C(=O)O. The molecule has 0 saturated carbocycles. The van der Waals surface area contributed by atoms with E-state index in [9.17, 15) is 14.7 Å². The number of hydrogen-bond acceptors (Lipinski definition) is 2. The van der Waals surface area contributed by atoms with Crippen LogP contribution in [0.5, 0.6) is 0 Å². The van der Waals surface area contributed by atoms with E-state index in [-0.39, 0.29) is 5.78 Å². The van der Waals surface area contributed by atoms with Crippen molar-refractivity contribution < 1.29 is 14.7 Å². The lowest BCUT2D eigenvalue weighted by Gasteiger charge is -2.24. The Bertz CT molecular complexity index is 595. The third-order valence-electron chi connectivity index (χ3n) is 5.44. The van der Waals surface area contributed by atoms with Crippen molar-refractivity contribution in [2.75, 3.05) is 0 Å². The molecule has 0 aliphatic carbocycles. The van der Waals surface area contributed by atoms with Gasteiger partial charge in [0.05, 0.1) is 5.41 Å². The van der Waals surface area contributed by atoms with Gasteiger partial charge in [-0.25, -0.2) is 0 Å². The Morgan fingerprint density at radius 1 is 0.923 bits per heavy atom. The monoisotopic (exact) mass is 360 g/mol. The molecule has 0 fully saturated rings. The molecule has 0 radical (unpaired) electrons. The Hall–Kier alpha value is -1.64. The number of benzene rings is 1. The van der Waals surface area contributed by atoms with Gasteiger partial charge in [-0.3, -0.25) is 9.59 Å². The zero-order valence-electron chi connectivity index (χ0n) is 17.3. The third kappa shape index (κ3) is 6.59. The molecule has 0 aromatic heterocycles. The van der Waals surface area contributed by atoms with Crippen LogP contribution in [0.15, 0.2) is 12.1 Å². The van der Waals surface area contributed by atoms with Gasteiger partial charge < -0.3 is 5.11 Å². The van der Waals surface area contributed by atoms with Gasteiger partial charge in [0.15, 0.2) is 5.78 Å². The van der Waals surface area contributed by atoms with Gasteiger partial charge in [-0.2, -0.15) is 0 Å². The average Bonchev–Trinajstić information content (AvgIpc) is 2.54. The summed E-state index contributed by atoms with van der Waals surface area (Å²) in [7, 11) is 0. The van der Waals surface area contributed by atoms with Crippen LogP contribution in [0.3, 0.4) is 0 Å². The maximum absolute atomic E-state index is 12.6. The van der Waals surface area contributed by atoms with Crippen molar-refractivity contribution >= 4 is 11.8 Å². The molecule has 1 unspecified atom stereocenters. The Morgan fingerprint density at radius 3 is 1.96 bits per heavy atom. The summed E-state index contributed by atoms with van der Waals surface area (Å²) in [5, 5.41) is 9.61. The van der Waals surface area contributed by atoms with Gasteiger partial charge in [-0.1, -0.05) is 56.7 Å². The van der Waals surface area contributed by atoms with Gasteiger partial charge in [0, 0.05) is 12.0 Å². The third-order valence-corrected chi connectivity index (χ3v) is 5.44. The molecule has 3 nitrogen and oxygen atoms in total. The van der Waals surface area contributed by atoms with Crippen molar-refractivity contribution in [2.24, 2.45) is 5.41 Å². The fourth-order valence-electron chi connectivity index (χ4n) is 3.83. The number of aliphatic carboxylic acids is 1. The number of carboxylic acids is 1. The molecule has 0 aliphatic heterocycles. The number of ketones is 1. The first-order valence-electron chi connectivity index (χ1n) is 10.1. The van der Waals surface area contributed by atoms with Gasteiger partial charge in [-0.15, -0.1) is 0 Å². The van der Waals surface area contributed by atoms with E-state index in [0.29, 0.717) is 12.8 Å². The zero-order valence-corrected chi connectivity index (χ0v) is 17.3. The van der Waals surface area contributed by atoms with Crippen LogP contribution >= 0.6 is 0 Å². The average molecular weight is 361 g/mol. The van der Waals surface area contributed by atoms with Crippen molar-refractivity contribution in [3.63, 3.8) is 0 Å². The van der Waals surface area contributed by atoms with E-state index >= 15 is 0 Å². The van der Waals surface area contributed by atoms with E-state index in [1.807, 2.05) is 27.7 Å². The molecule has 146 valence electrons. The summed E-state index contributed by atoms with van der Waals surface area (Å²) in [5.41, 5.74) is 3.44. The van der Waals surface area contributed by atoms with Crippen LogP contribution in [0.1, 0.15) is 98.7 Å². The molecule has 1 aromatic carbocycles. The van der Waals surface area contributed by atoms with E-state index in [4.69, 9.17) is 0 Å². The Balaban J connectivity index is 2.53. The van der Waals surface area contributed by atoms with Crippen LogP contribution in [0.25, 0.3) is 0 Å². The summed E-state index contributed by atoms with van der Waals surface area (Å²) in [6, 6.07) is 4.11. The summed E-state index contributed by atoms with van der Waals surface area (Å²) in [4.78, 5) is 24.3. The van der Waals surface area contributed by atoms with E-state index in [2.05, 4.69) is 19.1 Å². The summed E-state index contributed by atoms with van der Waals surface area (Å²) in [6.45, 7) is 10.0. The van der Waals surface area contributed by atoms with Crippen molar-refractivity contribution in [3.8, 4) is 0 Å². The topological polar surface area (TPSA) is 54.4 Å². The first kappa shape index (κ1) is 22.4. The van der Waals surface area contributed by atoms with Crippen LogP contribution in [0.2, 0.25) is 0 Å². The van der Waals surface area contributed by atoms with Crippen molar-refractivity contribution in [3.05, 3.63) is 34.4 Å². The summed E-state index contributed by atoms with van der Waals surface area (Å²) < 4.78 is 0. The van der Waals surface area contributed by atoms with E-state index < -0.39 is 11.4 Å². The lowest BCUT2D eigenvalue weighted by molar-refractivity contribution is -0.149. The molecule has 0 spiro atoms. The highest BCUT2D eigenvalue weighted by molar-refractivity contribution is 5.98. The maximum Gasteiger partial charge on any atom is 0.309 e. The smallest absolute Gasteiger partial charge is 0.309 e. The molecule has 0 aliphatic rings. The van der Waals surface area contributed by atoms with Gasteiger partial charge in [0.1, 0.15) is 0 Å². The Morgan fingerprint density at radius 2 is 1.46 bits per heavy atom. The number of hydrogen-bond donors (Lipinski definition) is 1. The van der Waals surface area contributed by atoms with Gasteiger partial charge >= 0.3 is 5.97 Å². The lowest BCUT2D eigenvalue weighted by Crippen LogP contribution is -2.27. The Kier molecular flexibility index (Phi) is 9.04. The molecule has 3 heteroatoms. The standard InChI is InChI=1S/C23H36O3/c1-6-7-8-10-13-23(5,22(25)26)14-11-9-12-20(24)21-18(3)15-17(2)16-19(21)4/h15-16H,6-14H2,1-5H3,(H,25,26). The summed E-state index contributed by atoms with van der Waals surface area (Å²) in [6.07, 6.45) is 7.80. The number of Topliss-reactive ketones (excluding diaryl/α,β-unsaturated/α-hetero) is 1. The molecule has 1 rings (SSSR count). The Labute approximate surface area is 159 Å². The number of carbonyl (C=O) groups is 2. The van der Waals surface area contributed by atoms with Gasteiger partial charge in [-0.05, 0) is 58.1 Å². The van der Waals surface area contributed by atoms with Crippen LogP contribution in [-0.4, -0.2) is 16.9 Å². The number of carbonyl (C=O) groups excluding carboxylic acids is 1. The minimum absolute atomic E-state index is 0.181. The number of carboxylic acid groups (broad SMARTS) is 1. The van der Waals surface area contributed by atoms with Crippen molar-refractivity contribution in [1.82, 2.24) is 0 Å². The van der Waals surface area contributed by atoms with E-state index in [1.165, 1.54) is 12.0 Å². The quantitative estimate of drug-likeness (QED) is 0.346. The molecule has 1 aromatic rings. The highest BCUT2D eigenvalue weighted by atomic mass is 16.4. The summed E-state index contributed by atoms with van der Waals surface area (Å²) >= 11 is 0. The summed E-state index contributed by atoms with van der Waals surface area (Å²) in [5.74, 6) is -0.523. The van der Waals surface area contributed by atoms with Crippen LogP contribution in [0, 0.1) is 26.2 Å². The molecule has 0 saturated heterocycles. The molecule has 0 heterocycles. The predicted octanol–water partition coefficient (Wildman–Crippen LogP) is 6.42. The van der Waals surface area contributed by atoms with Crippen LogP contribution in [-0.2, 0) is 4.79 Å². The van der Waals surface area contributed by atoms with Gasteiger partial charge in [0.2, 0.25) is 0 Å². The fourth-order valence-corrected chi connectivity index (χ4v) is 3.83. The molecular formula is C23H36O3. The largest absolute Gasteiger partial charge is 0.481 e. The van der Waals surface area contributed by atoms with E-state index in [0.717, 1.165) is 55.2 Å².